The zero-order chi connectivity index (χ0) is 16.8. The number of hydrogen-bond donors (Lipinski definition) is 1. The smallest absolute Gasteiger partial charge is 0.231 e. The normalized spacial score (nSPS) is 10.5. The Kier molecular flexibility index (Phi) is 5.84. The highest BCUT2D eigenvalue weighted by atomic mass is 32.2. The minimum Gasteiger partial charge on any atom is -0.497 e. The van der Waals surface area contributed by atoms with Crippen LogP contribution in [0.3, 0.4) is 0 Å². The highest BCUT2D eigenvalue weighted by Gasteiger charge is 2.10. The molecule has 8 heteroatoms. The van der Waals surface area contributed by atoms with Gasteiger partial charge in [-0.05, 0) is 29.1 Å². The zero-order valence-corrected chi connectivity index (χ0v) is 15.3. The highest BCUT2D eigenvalue weighted by molar-refractivity contribution is 8.00. The number of ether oxygens (including phenoxy) is 1. The minimum atomic E-state index is -0.0713. The van der Waals surface area contributed by atoms with Gasteiger partial charge in [-0.1, -0.05) is 41.3 Å². The molecule has 0 saturated carbocycles. The molecule has 1 aromatic carbocycles. The molecule has 1 N–H and O–H groups in total. The topological polar surface area (TPSA) is 64.1 Å². The van der Waals surface area contributed by atoms with Gasteiger partial charge in [-0.15, -0.1) is 21.5 Å². The molecule has 0 spiro atoms. The van der Waals surface area contributed by atoms with Crippen LogP contribution in [0.25, 0.3) is 0 Å². The Morgan fingerprint density at radius 2 is 2.21 bits per heavy atom. The lowest BCUT2D eigenvalue weighted by Gasteiger charge is -2.02. The second-order valence-corrected chi connectivity index (χ2v) is 8.05. The summed E-state index contributed by atoms with van der Waals surface area (Å²) in [4.78, 5) is 13.0. The Morgan fingerprint density at radius 1 is 1.29 bits per heavy atom. The van der Waals surface area contributed by atoms with Crippen molar-refractivity contribution < 1.29 is 9.53 Å². The summed E-state index contributed by atoms with van der Waals surface area (Å²) in [6, 6.07) is 11.8. The summed E-state index contributed by atoms with van der Waals surface area (Å²) in [7, 11) is 1.65. The largest absolute Gasteiger partial charge is 0.497 e. The molecule has 0 bridgehead atoms. The fraction of sp³-hybridized carbons (Fsp3) is 0.188. The zero-order valence-electron chi connectivity index (χ0n) is 12.9. The van der Waals surface area contributed by atoms with Gasteiger partial charge in [0.1, 0.15) is 5.75 Å². The maximum absolute atomic E-state index is 12.0. The van der Waals surface area contributed by atoms with Crippen molar-refractivity contribution >= 4 is 45.5 Å². The molecule has 24 heavy (non-hydrogen) atoms. The average molecular weight is 378 g/mol. The van der Waals surface area contributed by atoms with Gasteiger partial charge in [0.25, 0.3) is 0 Å². The van der Waals surface area contributed by atoms with Crippen LogP contribution < -0.4 is 10.1 Å². The van der Waals surface area contributed by atoms with Crippen LogP contribution in [-0.2, 0) is 17.0 Å². The molecule has 0 radical (unpaired) electrons. The van der Waals surface area contributed by atoms with Gasteiger partial charge in [0.15, 0.2) is 4.34 Å². The van der Waals surface area contributed by atoms with Gasteiger partial charge in [0, 0.05) is 10.6 Å². The predicted molar refractivity (Wildman–Crippen MR) is 99.1 cm³/mol. The standard InChI is InChI=1S/C16H15N3O2S3/c1-21-12-5-2-4-11(8-12)10-23-16-19-18-15(24-16)17-14(20)9-13-6-3-7-22-13/h2-8H,9-10H2,1H3,(H,17,18,20). The predicted octanol–water partition coefficient (Wildman–Crippen LogP) is 4.08. The lowest BCUT2D eigenvalue weighted by atomic mass is 10.2. The van der Waals surface area contributed by atoms with Crippen molar-refractivity contribution in [1.29, 1.82) is 0 Å². The van der Waals surface area contributed by atoms with Crippen molar-refractivity contribution in [3.05, 3.63) is 52.2 Å². The fourth-order valence-corrected chi connectivity index (χ4v) is 4.38. The molecule has 3 aromatic rings. The van der Waals surface area contributed by atoms with E-state index in [0.29, 0.717) is 11.6 Å². The number of hydrogen-bond acceptors (Lipinski definition) is 7. The number of thiophene rings is 1. The van der Waals surface area contributed by atoms with E-state index in [9.17, 15) is 4.79 Å². The molecule has 0 saturated heterocycles. The van der Waals surface area contributed by atoms with Crippen molar-refractivity contribution in [2.45, 2.75) is 16.5 Å². The molecule has 0 aliphatic carbocycles. The molecule has 0 aliphatic rings. The lowest BCUT2D eigenvalue weighted by Crippen LogP contribution is -2.13. The first-order valence-electron chi connectivity index (χ1n) is 7.14. The molecule has 2 aromatic heterocycles. The van der Waals surface area contributed by atoms with E-state index in [-0.39, 0.29) is 5.91 Å². The van der Waals surface area contributed by atoms with E-state index in [4.69, 9.17) is 4.74 Å². The van der Waals surface area contributed by atoms with Gasteiger partial charge >= 0.3 is 0 Å². The third kappa shape index (κ3) is 4.80. The summed E-state index contributed by atoms with van der Waals surface area (Å²) in [6.07, 6.45) is 0.365. The Bertz CT molecular complexity index is 803. The molecule has 0 fully saturated rings. The van der Waals surface area contributed by atoms with Crippen molar-refractivity contribution in [2.24, 2.45) is 0 Å². The van der Waals surface area contributed by atoms with Crippen LogP contribution in [0.5, 0.6) is 5.75 Å². The molecule has 1 amide bonds. The van der Waals surface area contributed by atoms with Gasteiger partial charge < -0.3 is 10.1 Å². The number of nitrogens with one attached hydrogen (secondary N) is 1. The van der Waals surface area contributed by atoms with Crippen LogP contribution in [0.15, 0.2) is 46.1 Å². The molecule has 0 aliphatic heterocycles. The van der Waals surface area contributed by atoms with Gasteiger partial charge in [-0.2, -0.15) is 0 Å². The molecule has 5 nitrogen and oxygen atoms in total. The molecule has 2 heterocycles. The average Bonchev–Trinajstić information content (AvgIpc) is 3.25. The van der Waals surface area contributed by atoms with Gasteiger partial charge in [-0.3, -0.25) is 4.79 Å². The number of rotatable bonds is 7. The van der Waals surface area contributed by atoms with E-state index in [1.165, 1.54) is 11.3 Å². The van der Waals surface area contributed by atoms with Crippen molar-refractivity contribution in [3.8, 4) is 5.75 Å². The second-order valence-electron chi connectivity index (χ2n) is 4.82. The van der Waals surface area contributed by atoms with Crippen LogP contribution in [0, 0.1) is 0 Å². The molecular weight excluding hydrogens is 362 g/mol. The number of carbonyl (C=O) groups excluding carboxylic acids is 1. The van der Waals surface area contributed by atoms with Crippen molar-refractivity contribution in [2.75, 3.05) is 12.4 Å². The van der Waals surface area contributed by atoms with Crippen LogP contribution >= 0.6 is 34.4 Å². The number of anilines is 1. The molecule has 0 unspecified atom stereocenters. The Labute approximate surface area is 152 Å². The summed E-state index contributed by atoms with van der Waals surface area (Å²) in [5, 5.41) is 13.4. The summed E-state index contributed by atoms with van der Waals surface area (Å²) in [5.74, 6) is 1.54. The number of benzene rings is 1. The summed E-state index contributed by atoms with van der Waals surface area (Å²) >= 11 is 4.54. The first kappa shape index (κ1) is 16.9. The van der Waals surface area contributed by atoms with Crippen LogP contribution in [0.4, 0.5) is 5.13 Å². The van der Waals surface area contributed by atoms with Crippen molar-refractivity contribution in [1.82, 2.24) is 10.2 Å². The van der Waals surface area contributed by atoms with E-state index >= 15 is 0 Å². The van der Waals surface area contributed by atoms with Crippen molar-refractivity contribution in [3.63, 3.8) is 0 Å². The van der Waals surface area contributed by atoms with E-state index in [1.807, 2.05) is 41.8 Å². The van der Waals surface area contributed by atoms with Crippen LogP contribution in [-0.4, -0.2) is 23.2 Å². The van der Waals surface area contributed by atoms with E-state index in [2.05, 4.69) is 15.5 Å². The number of nitrogens with zero attached hydrogens (tertiary/aromatic N) is 2. The summed E-state index contributed by atoms with van der Waals surface area (Å²) in [6.45, 7) is 0. The third-order valence-electron chi connectivity index (χ3n) is 3.06. The SMILES string of the molecule is COc1cccc(CSc2nnc(NC(=O)Cc3cccs3)s2)c1. The third-order valence-corrected chi connectivity index (χ3v) is 5.98. The number of methoxy groups -OCH3 is 1. The van der Waals surface area contributed by atoms with Gasteiger partial charge in [0.05, 0.1) is 13.5 Å². The fourth-order valence-electron chi connectivity index (χ4n) is 1.96. The minimum absolute atomic E-state index is 0.0713. The van der Waals surface area contributed by atoms with E-state index in [0.717, 1.165) is 26.3 Å². The Hall–Kier alpha value is -1.90. The summed E-state index contributed by atoms with van der Waals surface area (Å²) < 4.78 is 6.04. The lowest BCUT2D eigenvalue weighted by molar-refractivity contribution is -0.115. The molecule has 0 atom stereocenters. The quantitative estimate of drug-likeness (QED) is 0.496. The number of amides is 1. The van der Waals surface area contributed by atoms with E-state index in [1.54, 1.807) is 30.2 Å². The van der Waals surface area contributed by atoms with Gasteiger partial charge in [-0.25, -0.2) is 0 Å². The Balaban J connectivity index is 1.52. The number of aromatic nitrogens is 2. The molecule has 124 valence electrons. The maximum Gasteiger partial charge on any atom is 0.231 e. The second kappa shape index (κ2) is 8.27. The first-order valence-corrected chi connectivity index (χ1v) is 9.82. The maximum atomic E-state index is 12.0. The highest BCUT2D eigenvalue weighted by Crippen LogP contribution is 2.29. The number of carbonyl (C=O) groups is 1. The van der Waals surface area contributed by atoms with Crippen LogP contribution in [0.1, 0.15) is 10.4 Å². The molecular formula is C16H15N3O2S3. The van der Waals surface area contributed by atoms with Gasteiger partial charge in [0.2, 0.25) is 11.0 Å². The Morgan fingerprint density at radius 3 is 3.00 bits per heavy atom. The molecule has 3 rings (SSSR count). The van der Waals surface area contributed by atoms with Crippen LogP contribution in [0.2, 0.25) is 0 Å². The first-order chi connectivity index (χ1) is 11.7. The monoisotopic (exact) mass is 377 g/mol. The number of thioether (sulfide) groups is 1. The summed E-state index contributed by atoms with van der Waals surface area (Å²) in [5.41, 5.74) is 1.15. The van der Waals surface area contributed by atoms with E-state index < -0.39 is 0 Å².